The average molecular weight is 174 g/mol. The minimum atomic E-state index is 0.521. The van der Waals surface area contributed by atoms with E-state index >= 15 is 0 Å². The number of nitrogens with one attached hydrogen (secondary N) is 1. The number of benzene rings is 1. The molecule has 13 heavy (non-hydrogen) atoms. The summed E-state index contributed by atoms with van der Waals surface area (Å²) in [6.07, 6.45) is 1.12. The van der Waals surface area contributed by atoms with Crippen LogP contribution in [0.2, 0.25) is 0 Å². The second-order valence-electron chi connectivity index (χ2n) is 3.45. The highest BCUT2D eigenvalue weighted by molar-refractivity contribution is 5.74. The Labute approximate surface area is 78.0 Å². The Balaban J connectivity index is 2.49. The predicted octanol–water partition coefficient (Wildman–Crippen LogP) is 3.08. The first-order valence-corrected chi connectivity index (χ1v) is 4.76. The first-order chi connectivity index (χ1) is 6.31. The number of para-hydroxylation sites is 2. The van der Waals surface area contributed by atoms with Crippen LogP contribution >= 0.6 is 0 Å². The fraction of sp³-hybridized carbons (Fsp3) is 0.364. The van der Waals surface area contributed by atoms with Crippen LogP contribution in [0.4, 0.5) is 0 Å². The number of imidazole rings is 1. The molecule has 0 saturated carbocycles. The highest BCUT2D eigenvalue weighted by atomic mass is 14.9. The van der Waals surface area contributed by atoms with Gasteiger partial charge in [0, 0.05) is 5.92 Å². The maximum Gasteiger partial charge on any atom is 0.110 e. The van der Waals surface area contributed by atoms with E-state index in [0.717, 1.165) is 23.3 Å². The summed E-state index contributed by atoms with van der Waals surface area (Å²) in [7, 11) is 0. The van der Waals surface area contributed by atoms with Gasteiger partial charge < -0.3 is 4.98 Å². The van der Waals surface area contributed by atoms with E-state index in [1.54, 1.807) is 0 Å². The quantitative estimate of drug-likeness (QED) is 0.744. The molecule has 1 aromatic heterocycles. The van der Waals surface area contributed by atoms with E-state index in [9.17, 15) is 0 Å². The fourth-order valence-corrected chi connectivity index (χ4v) is 1.40. The standard InChI is InChI=1S/C11H14N2/c1-3-8(2)11-12-9-6-4-5-7-10(9)13-11/h4-8H,3H2,1-2H3,(H,12,13)/t8-/m1/s1. The van der Waals surface area contributed by atoms with Crippen molar-refractivity contribution >= 4 is 11.0 Å². The molecule has 0 unspecified atom stereocenters. The van der Waals surface area contributed by atoms with Gasteiger partial charge in [-0.25, -0.2) is 4.98 Å². The van der Waals surface area contributed by atoms with Crippen molar-refractivity contribution in [1.29, 1.82) is 0 Å². The molecule has 0 fully saturated rings. The molecule has 0 aliphatic carbocycles. The van der Waals surface area contributed by atoms with Gasteiger partial charge in [-0.3, -0.25) is 0 Å². The summed E-state index contributed by atoms with van der Waals surface area (Å²) in [5.41, 5.74) is 2.20. The number of hydrogen-bond acceptors (Lipinski definition) is 1. The topological polar surface area (TPSA) is 28.7 Å². The minimum Gasteiger partial charge on any atom is -0.342 e. The number of nitrogens with zero attached hydrogens (tertiary/aromatic N) is 1. The fourth-order valence-electron chi connectivity index (χ4n) is 1.40. The second-order valence-corrected chi connectivity index (χ2v) is 3.45. The van der Waals surface area contributed by atoms with Crippen molar-refractivity contribution in [3.63, 3.8) is 0 Å². The lowest BCUT2D eigenvalue weighted by Gasteiger charge is -2.01. The molecule has 2 rings (SSSR count). The van der Waals surface area contributed by atoms with E-state index in [4.69, 9.17) is 0 Å². The highest BCUT2D eigenvalue weighted by Crippen LogP contribution is 2.18. The van der Waals surface area contributed by atoms with Gasteiger partial charge in [-0.15, -0.1) is 0 Å². The molecule has 2 heteroatoms. The molecule has 0 amide bonds. The van der Waals surface area contributed by atoms with Gasteiger partial charge in [0.2, 0.25) is 0 Å². The predicted molar refractivity (Wildman–Crippen MR) is 54.8 cm³/mol. The Kier molecular flexibility index (Phi) is 2.05. The van der Waals surface area contributed by atoms with Crippen LogP contribution in [-0.4, -0.2) is 9.97 Å². The molecule has 1 aromatic carbocycles. The third-order valence-electron chi connectivity index (χ3n) is 2.49. The molecule has 0 bridgehead atoms. The first kappa shape index (κ1) is 8.30. The maximum absolute atomic E-state index is 4.53. The maximum atomic E-state index is 4.53. The average Bonchev–Trinajstić information content (AvgIpc) is 2.59. The van der Waals surface area contributed by atoms with Gasteiger partial charge in [-0.2, -0.15) is 0 Å². The zero-order valence-electron chi connectivity index (χ0n) is 8.04. The molecule has 1 atom stereocenters. The number of aromatic amines is 1. The summed E-state index contributed by atoms with van der Waals surface area (Å²) in [5, 5.41) is 0. The zero-order valence-corrected chi connectivity index (χ0v) is 8.04. The molecule has 2 aromatic rings. The highest BCUT2D eigenvalue weighted by Gasteiger charge is 2.07. The summed E-state index contributed by atoms with van der Waals surface area (Å²) in [6.45, 7) is 4.37. The summed E-state index contributed by atoms with van der Waals surface area (Å²) >= 11 is 0. The Morgan fingerprint density at radius 3 is 2.85 bits per heavy atom. The van der Waals surface area contributed by atoms with E-state index in [1.165, 1.54) is 0 Å². The Bertz CT molecular complexity index is 370. The van der Waals surface area contributed by atoms with Crippen LogP contribution < -0.4 is 0 Å². The molecule has 0 saturated heterocycles. The van der Waals surface area contributed by atoms with Crippen LogP contribution in [0.25, 0.3) is 11.0 Å². The Hall–Kier alpha value is -1.31. The van der Waals surface area contributed by atoms with Crippen LogP contribution in [0, 0.1) is 0 Å². The van der Waals surface area contributed by atoms with Crippen LogP contribution in [0.1, 0.15) is 32.0 Å². The largest absolute Gasteiger partial charge is 0.342 e. The summed E-state index contributed by atoms with van der Waals surface area (Å²) in [4.78, 5) is 7.86. The number of H-pyrrole nitrogens is 1. The Morgan fingerprint density at radius 2 is 2.15 bits per heavy atom. The Morgan fingerprint density at radius 1 is 1.38 bits per heavy atom. The first-order valence-electron chi connectivity index (χ1n) is 4.76. The monoisotopic (exact) mass is 174 g/mol. The summed E-state index contributed by atoms with van der Waals surface area (Å²) in [5.74, 6) is 1.62. The number of rotatable bonds is 2. The number of fused-ring (bicyclic) bond motifs is 1. The van der Waals surface area contributed by atoms with Crippen molar-refractivity contribution in [3.05, 3.63) is 30.1 Å². The van der Waals surface area contributed by atoms with Crippen LogP contribution in [0.15, 0.2) is 24.3 Å². The van der Waals surface area contributed by atoms with E-state index in [-0.39, 0.29) is 0 Å². The zero-order chi connectivity index (χ0) is 9.26. The van der Waals surface area contributed by atoms with E-state index in [2.05, 4.69) is 29.9 Å². The van der Waals surface area contributed by atoms with Crippen LogP contribution in [0.5, 0.6) is 0 Å². The lowest BCUT2D eigenvalue weighted by Crippen LogP contribution is -1.92. The second kappa shape index (κ2) is 3.21. The molecule has 0 radical (unpaired) electrons. The van der Waals surface area contributed by atoms with Crippen molar-refractivity contribution in [3.8, 4) is 0 Å². The number of aromatic nitrogens is 2. The van der Waals surface area contributed by atoms with Gasteiger partial charge in [-0.1, -0.05) is 26.0 Å². The van der Waals surface area contributed by atoms with Crippen LogP contribution in [-0.2, 0) is 0 Å². The van der Waals surface area contributed by atoms with Gasteiger partial charge in [0.15, 0.2) is 0 Å². The van der Waals surface area contributed by atoms with E-state index in [1.807, 2.05) is 18.2 Å². The molecule has 2 nitrogen and oxygen atoms in total. The lowest BCUT2D eigenvalue weighted by molar-refractivity contribution is 0.692. The van der Waals surface area contributed by atoms with Gasteiger partial charge in [0.05, 0.1) is 11.0 Å². The number of hydrogen-bond donors (Lipinski definition) is 1. The SMILES string of the molecule is CC[C@@H](C)c1nc2ccccc2[nH]1. The molecular weight excluding hydrogens is 160 g/mol. The molecule has 0 spiro atoms. The van der Waals surface area contributed by atoms with E-state index < -0.39 is 0 Å². The third kappa shape index (κ3) is 1.44. The summed E-state index contributed by atoms with van der Waals surface area (Å²) in [6, 6.07) is 8.15. The molecule has 1 heterocycles. The normalized spacial score (nSPS) is 13.4. The molecule has 68 valence electrons. The smallest absolute Gasteiger partial charge is 0.110 e. The summed E-state index contributed by atoms with van der Waals surface area (Å²) < 4.78 is 0. The molecule has 0 aliphatic heterocycles. The van der Waals surface area contributed by atoms with E-state index in [0.29, 0.717) is 5.92 Å². The van der Waals surface area contributed by atoms with Gasteiger partial charge in [-0.05, 0) is 18.6 Å². The van der Waals surface area contributed by atoms with Crippen LogP contribution in [0.3, 0.4) is 0 Å². The molecule has 1 N–H and O–H groups in total. The van der Waals surface area contributed by atoms with Crippen molar-refractivity contribution in [2.24, 2.45) is 0 Å². The van der Waals surface area contributed by atoms with Gasteiger partial charge >= 0.3 is 0 Å². The van der Waals surface area contributed by atoms with Gasteiger partial charge in [0.25, 0.3) is 0 Å². The van der Waals surface area contributed by atoms with Gasteiger partial charge in [0.1, 0.15) is 5.82 Å². The van der Waals surface area contributed by atoms with Crippen molar-refractivity contribution in [1.82, 2.24) is 9.97 Å². The molecule has 0 aliphatic rings. The third-order valence-corrected chi connectivity index (χ3v) is 2.49. The van der Waals surface area contributed by atoms with Crippen molar-refractivity contribution < 1.29 is 0 Å². The minimum absolute atomic E-state index is 0.521. The van der Waals surface area contributed by atoms with Crippen molar-refractivity contribution in [2.45, 2.75) is 26.2 Å². The molecular formula is C11H14N2. The van der Waals surface area contributed by atoms with Crippen molar-refractivity contribution in [2.75, 3.05) is 0 Å². The lowest BCUT2D eigenvalue weighted by atomic mass is 10.1.